The number of aromatic nitrogens is 2. The number of rotatable bonds is 5. The molecule has 2 aromatic heterocycles. The maximum absolute atomic E-state index is 12.0. The summed E-state index contributed by atoms with van der Waals surface area (Å²) < 4.78 is 5.18. The van der Waals surface area contributed by atoms with Crippen molar-refractivity contribution in [3.8, 4) is 0 Å². The highest BCUT2D eigenvalue weighted by Crippen LogP contribution is 2.27. The van der Waals surface area contributed by atoms with Crippen LogP contribution in [0.25, 0.3) is 0 Å². The van der Waals surface area contributed by atoms with E-state index >= 15 is 0 Å². The Kier molecular flexibility index (Phi) is 4.47. The monoisotopic (exact) mass is 332 g/mol. The number of carbonyl (C=O) groups excluding carboxylic acids is 1. The van der Waals surface area contributed by atoms with Crippen LogP contribution in [0.1, 0.15) is 31.7 Å². The number of carbonyl (C=O) groups is 1. The standard InChI is InChI=1S/C16H20N4O2S/c1-10(2)12-9-22-16(21)20(12)14-6-7-17-15(19-14)18-11(3)13-5-4-8-23-13/h4-8,10-12H,9H2,1-3H3,(H,17,18,19)/t11-,12-/m1/s1. The van der Waals surface area contributed by atoms with E-state index in [4.69, 9.17) is 4.74 Å². The lowest BCUT2D eigenvalue weighted by molar-refractivity contribution is 0.177. The third-order valence-corrected chi connectivity index (χ3v) is 4.93. The van der Waals surface area contributed by atoms with E-state index in [1.165, 1.54) is 4.88 Å². The van der Waals surface area contributed by atoms with Gasteiger partial charge >= 0.3 is 6.09 Å². The van der Waals surface area contributed by atoms with E-state index in [0.29, 0.717) is 18.4 Å². The predicted octanol–water partition coefficient (Wildman–Crippen LogP) is 3.69. The molecule has 0 radical (unpaired) electrons. The molecule has 23 heavy (non-hydrogen) atoms. The van der Waals surface area contributed by atoms with Gasteiger partial charge in [-0.1, -0.05) is 19.9 Å². The third-order valence-electron chi connectivity index (χ3n) is 3.88. The number of hydrogen-bond acceptors (Lipinski definition) is 6. The van der Waals surface area contributed by atoms with Crippen LogP contribution in [0.5, 0.6) is 0 Å². The summed E-state index contributed by atoms with van der Waals surface area (Å²) in [5, 5.41) is 5.32. The lowest BCUT2D eigenvalue weighted by Crippen LogP contribution is -2.37. The molecular formula is C16H20N4O2S. The molecule has 3 heterocycles. The molecule has 0 aromatic carbocycles. The van der Waals surface area contributed by atoms with Gasteiger partial charge in [-0.05, 0) is 30.4 Å². The van der Waals surface area contributed by atoms with Crippen LogP contribution >= 0.6 is 11.3 Å². The van der Waals surface area contributed by atoms with Gasteiger partial charge in [0.1, 0.15) is 12.4 Å². The molecule has 0 spiro atoms. The first-order valence-corrected chi connectivity index (χ1v) is 8.53. The molecule has 6 nitrogen and oxygen atoms in total. The molecule has 2 aromatic rings. The van der Waals surface area contributed by atoms with E-state index in [2.05, 4.69) is 42.1 Å². The first-order valence-electron chi connectivity index (χ1n) is 7.65. The molecule has 1 fully saturated rings. The highest BCUT2D eigenvalue weighted by atomic mass is 32.1. The fourth-order valence-electron chi connectivity index (χ4n) is 2.55. The minimum atomic E-state index is -0.348. The molecule has 1 N–H and O–H groups in total. The minimum absolute atomic E-state index is 0.0000283. The number of hydrogen-bond donors (Lipinski definition) is 1. The van der Waals surface area contributed by atoms with E-state index in [1.54, 1.807) is 28.5 Å². The largest absolute Gasteiger partial charge is 0.447 e. The molecular weight excluding hydrogens is 312 g/mol. The van der Waals surface area contributed by atoms with Crippen LogP contribution in [-0.2, 0) is 4.74 Å². The number of amides is 1. The molecule has 0 saturated carbocycles. The maximum Gasteiger partial charge on any atom is 0.415 e. The van der Waals surface area contributed by atoms with Crippen LogP contribution in [0, 0.1) is 5.92 Å². The number of anilines is 2. The van der Waals surface area contributed by atoms with Crippen LogP contribution in [-0.4, -0.2) is 28.7 Å². The Labute approximate surface area is 139 Å². The van der Waals surface area contributed by atoms with Crippen LogP contribution in [0.2, 0.25) is 0 Å². The number of nitrogens with zero attached hydrogens (tertiary/aromatic N) is 3. The zero-order valence-electron chi connectivity index (χ0n) is 13.4. The highest BCUT2D eigenvalue weighted by Gasteiger charge is 2.37. The highest BCUT2D eigenvalue weighted by molar-refractivity contribution is 7.10. The number of thiophene rings is 1. The zero-order valence-corrected chi connectivity index (χ0v) is 14.2. The average Bonchev–Trinajstić information content (AvgIpc) is 3.16. The maximum atomic E-state index is 12.0. The number of ether oxygens (including phenoxy) is 1. The van der Waals surface area contributed by atoms with Gasteiger partial charge in [-0.3, -0.25) is 4.90 Å². The quantitative estimate of drug-likeness (QED) is 0.904. The van der Waals surface area contributed by atoms with E-state index < -0.39 is 0 Å². The Morgan fingerprint density at radius 2 is 2.22 bits per heavy atom. The summed E-state index contributed by atoms with van der Waals surface area (Å²) in [6.07, 6.45) is 1.31. The number of nitrogens with one attached hydrogen (secondary N) is 1. The molecule has 2 atom stereocenters. The zero-order chi connectivity index (χ0) is 16.4. The van der Waals surface area contributed by atoms with Crippen molar-refractivity contribution in [1.82, 2.24) is 9.97 Å². The molecule has 1 saturated heterocycles. The summed E-state index contributed by atoms with van der Waals surface area (Å²) in [6, 6.07) is 5.93. The Hall–Kier alpha value is -2.15. The summed E-state index contributed by atoms with van der Waals surface area (Å²) in [4.78, 5) is 23.6. The summed E-state index contributed by atoms with van der Waals surface area (Å²) in [5.74, 6) is 1.37. The van der Waals surface area contributed by atoms with Crippen molar-refractivity contribution < 1.29 is 9.53 Å². The molecule has 0 bridgehead atoms. The van der Waals surface area contributed by atoms with Gasteiger partial charge in [-0.2, -0.15) is 4.98 Å². The SMILES string of the molecule is CC(C)[C@H]1COC(=O)N1c1ccnc(N[C@H](C)c2cccs2)n1. The second kappa shape index (κ2) is 6.54. The molecule has 3 rings (SSSR count). The van der Waals surface area contributed by atoms with Crippen molar-refractivity contribution in [2.75, 3.05) is 16.8 Å². The van der Waals surface area contributed by atoms with Gasteiger partial charge in [0.2, 0.25) is 5.95 Å². The van der Waals surface area contributed by atoms with Crippen molar-refractivity contribution in [3.63, 3.8) is 0 Å². The van der Waals surface area contributed by atoms with Gasteiger partial charge in [0.15, 0.2) is 0 Å². The molecule has 1 aliphatic heterocycles. The summed E-state index contributed by atoms with van der Waals surface area (Å²) in [7, 11) is 0. The molecule has 1 aliphatic rings. The Morgan fingerprint density at radius 1 is 1.39 bits per heavy atom. The number of cyclic esters (lactones) is 1. The molecule has 0 aliphatic carbocycles. The van der Waals surface area contributed by atoms with Crippen molar-refractivity contribution >= 4 is 29.2 Å². The third kappa shape index (κ3) is 3.29. The minimum Gasteiger partial charge on any atom is -0.447 e. The fraction of sp³-hybridized carbons (Fsp3) is 0.438. The lowest BCUT2D eigenvalue weighted by Gasteiger charge is -2.23. The van der Waals surface area contributed by atoms with Gasteiger partial charge in [-0.15, -0.1) is 11.3 Å². The molecule has 7 heteroatoms. The van der Waals surface area contributed by atoms with E-state index in [-0.39, 0.29) is 24.1 Å². The Bertz CT molecular complexity index is 674. The van der Waals surface area contributed by atoms with Crippen molar-refractivity contribution in [2.24, 2.45) is 5.92 Å². The predicted molar refractivity (Wildman–Crippen MR) is 90.8 cm³/mol. The van der Waals surface area contributed by atoms with E-state index in [0.717, 1.165) is 0 Å². The first-order chi connectivity index (χ1) is 11.1. The van der Waals surface area contributed by atoms with Crippen molar-refractivity contribution in [3.05, 3.63) is 34.7 Å². The van der Waals surface area contributed by atoms with E-state index in [9.17, 15) is 4.79 Å². The lowest BCUT2D eigenvalue weighted by atomic mass is 10.0. The van der Waals surface area contributed by atoms with Gasteiger partial charge in [0.25, 0.3) is 0 Å². The molecule has 1 amide bonds. The van der Waals surface area contributed by atoms with Crippen molar-refractivity contribution in [1.29, 1.82) is 0 Å². The first kappa shape index (κ1) is 15.7. The second-order valence-corrected chi connectivity index (χ2v) is 6.86. The van der Waals surface area contributed by atoms with Crippen LogP contribution < -0.4 is 10.2 Å². The second-order valence-electron chi connectivity index (χ2n) is 5.88. The summed E-state index contributed by atoms with van der Waals surface area (Å²) >= 11 is 1.68. The van der Waals surface area contributed by atoms with Gasteiger partial charge in [0.05, 0.1) is 12.1 Å². The topological polar surface area (TPSA) is 67.3 Å². The van der Waals surface area contributed by atoms with Crippen LogP contribution in [0.3, 0.4) is 0 Å². The van der Waals surface area contributed by atoms with Crippen molar-refractivity contribution in [2.45, 2.75) is 32.9 Å². The van der Waals surface area contributed by atoms with Crippen LogP contribution in [0.4, 0.5) is 16.6 Å². The Balaban J connectivity index is 1.81. The van der Waals surface area contributed by atoms with E-state index in [1.807, 2.05) is 11.4 Å². The summed E-state index contributed by atoms with van der Waals surface area (Å²) in [6.45, 7) is 6.59. The smallest absolute Gasteiger partial charge is 0.415 e. The van der Waals surface area contributed by atoms with Gasteiger partial charge in [0, 0.05) is 11.1 Å². The fourth-order valence-corrected chi connectivity index (χ4v) is 3.28. The molecule has 122 valence electrons. The molecule has 0 unspecified atom stereocenters. The Morgan fingerprint density at radius 3 is 2.91 bits per heavy atom. The van der Waals surface area contributed by atoms with Crippen LogP contribution in [0.15, 0.2) is 29.8 Å². The normalized spacial score (nSPS) is 19.0. The van der Waals surface area contributed by atoms with Gasteiger partial charge < -0.3 is 10.1 Å². The average molecular weight is 332 g/mol. The summed E-state index contributed by atoms with van der Waals surface area (Å²) in [5.41, 5.74) is 0. The van der Waals surface area contributed by atoms with Gasteiger partial charge in [-0.25, -0.2) is 9.78 Å².